The highest BCUT2D eigenvalue weighted by Gasteiger charge is 2.27. The van der Waals surface area contributed by atoms with Gasteiger partial charge in [-0.1, -0.05) is 0 Å². The molecule has 1 atom stereocenters. The van der Waals surface area contributed by atoms with E-state index >= 15 is 0 Å². The molecule has 29 heavy (non-hydrogen) atoms. The van der Waals surface area contributed by atoms with Crippen LogP contribution in [0.4, 0.5) is 11.1 Å². The minimum absolute atomic E-state index is 0.117. The lowest BCUT2D eigenvalue weighted by Crippen LogP contribution is -2.40. The van der Waals surface area contributed by atoms with E-state index in [4.69, 9.17) is 5.26 Å². The van der Waals surface area contributed by atoms with E-state index < -0.39 is 0 Å². The number of carbonyl (C=O) groups is 1. The predicted octanol–water partition coefficient (Wildman–Crippen LogP) is 1.93. The Morgan fingerprint density at radius 1 is 1.31 bits per heavy atom. The molecular weight excluding hydrogens is 390 g/mol. The summed E-state index contributed by atoms with van der Waals surface area (Å²) >= 11 is 1.33. The fraction of sp³-hybridized carbons (Fsp3) is 0.526. The summed E-state index contributed by atoms with van der Waals surface area (Å²) in [6.45, 7) is 2.39. The van der Waals surface area contributed by atoms with Crippen LogP contribution in [0.5, 0.6) is 0 Å². The van der Waals surface area contributed by atoms with E-state index in [2.05, 4.69) is 31.2 Å². The molecule has 2 aliphatic rings. The number of hydrogen-bond acceptors (Lipinski definition) is 9. The first-order valence-corrected chi connectivity index (χ1v) is 10.7. The van der Waals surface area contributed by atoms with E-state index in [0.717, 1.165) is 25.1 Å². The molecule has 2 aromatic rings. The summed E-state index contributed by atoms with van der Waals surface area (Å²) in [5, 5.41) is 24.0. The third kappa shape index (κ3) is 4.53. The molecule has 0 spiro atoms. The van der Waals surface area contributed by atoms with Crippen molar-refractivity contribution in [2.45, 2.75) is 37.8 Å². The number of nitrogens with one attached hydrogen (secondary N) is 1. The van der Waals surface area contributed by atoms with Crippen LogP contribution in [0, 0.1) is 11.3 Å². The first-order valence-electron chi connectivity index (χ1n) is 9.78. The van der Waals surface area contributed by atoms with Crippen molar-refractivity contribution in [3.05, 3.63) is 29.0 Å². The zero-order chi connectivity index (χ0) is 20.2. The maximum atomic E-state index is 12.6. The van der Waals surface area contributed by atoms with Gasteiger partial charge in [-0.25, -0.2) is 15.0 Å². The number of piperidine rings is 1. The van der Waals surface area contributed by atoms with Crippen molar-refractivity contribution in [2.75, 3.05) is 31.5 Å². The Bertz CT molecular complexity index is 904. The van der Waals surface area contributed by atoms with Crippen molar-refractivity contribution in [2.24, 2.45) is 0 Å². The number of amides is 1. The zero-order valence-electron chi connectivity index (χ0n) is 16.0. The largest absolute Gasteiger partial charge is 0.393 e. The number of carbonyl (C=O) groups excluding carboxylic acids is 1. The Kier molecular flexibility index (Phi) is 5.99. The molecule has 1 unspecified atom stereocenters. The van der Waals surface area contributed by atoms with Crippen LogP contribution in [-0.2, 0) is 0 Å². The van der Waals surface area contributed by atoms with E-state index in [9.17, 15) is 9.90 Å². The third-order valence-corrected chi connectivity index (χ3v) is 6.11. The number of likely N-dealkylation sites (tertiary alicyclic amines) is 2. The van der Waals surface area contributed by atoms with E-state index in [1.54, 1.807) is 16.5 Å². The lowest BCUT2D eigenvalue weighted by atomic mass is 10.1. The number of thiazole rings is 1. The van der Waals surface area contributed by atoms with Gasteiger partial charge in [0.25, 0.3) is 5.91 Å². The van der Waals surface area contributed by atoms with Crippen LogP contribution in [-0.4, -0.2) is 68.0 Å². The second-order valence-electron chi connectivity index (χ2n) is 7.28. The minimum Gasteiger partial charge on any atom is -0.393 e. The molecular formula is C19H23N7O2S. The van der Waals surface area contributed by atoms with E-state index in [0.29, 0.717) is 49.2 Å². The van der Waals surface area contributed by atoms with Gasteiger partial charge in [-0.05, 0) is 38.3 Å². The van der Waals surface area contributed by atoms with Gasteiger partial charge in [0.1, 0.15) is 5.69 Å². The summed E-state index contributed by atoms with van der Waals surface area (Å²) in [6.07, 6.45) is 4.60. The van der Waals surface area contributed by atoms with Gasteiger partial charge in [-0.2, -0.15) is 5.26 Å². The number of hydrogen-bond donors (Lipinski definition) is 2. The number of nitriles is 1. The van der Waals surface area contributed by atoms with Gasteiger partial charge in [-0.3, -0.25) is 9.69 Å². The van der Waals surface area contributed by atoms with E-state index in [1.165, 1.54) is 11.3 Å². The van der Waals surface area contributed by atoms with Crippen LogP contribution < -0.4 is 5.32 Å². The number of rotatable bonds is 5. The first kappa shape index (κ1) is 19.7. The molecule has 152 valence electrons. The number of nitrogens with zero attached hydrogens (tertiary/aromatic N) is 6. The molecule has 4 heterocycles. The predicted molar refractivity (Wildman–Crippen MR) is 108 cm³/mol. The number of aliphatic hydroxyl groups is 1. The standard InChI is InChI=1S/C19H23N7O2S/c20-6-11-25-8-1-2-16(25)14-3-7-21-18(22-14)24-19-23-15(12-29-19)17(28)26-9-4-13(27)5-10-26/h3,7,12-13,16,27H,1-2,4-5,8-11H2,(H,21,22,23,24). The van der Waals surface area contributed by atoms with Gasteiger partial charge < -0.3 is 15.3 Å². The number of aromatic nitrogens is 3. The molecule has 2 fully saturated rings. The molecule has 4 rings (SSSR count). The molecule has 1 amide bonds. The number of aliphatic hydroxyl groups excluding tert-OH is 1. The summed E-state index contributed by atoms with van der Waals surface area (Å²) < 4.78 is 0. The Labute approximate surface area is 173 Å². The van der Waals surface area contributed by atoms with Crippen LogP contribution in [0.2, 0.25) is 0 Å². The molecule has 0 aromatic carbocycles. The maximum Gasteiger partial charge on any atom is 0.273 e. The van der Waals surface area contributed by atoms with Crippen molar-refractivity contribution in [1.29, 1.82) is 5.26 Å². The molecule has 0 saturated carbocycles. The summed E-state index contributed by atoms with van der Waals surface area (Å²) in [6, 6.07) is 4.22. The van der Waals surface area contributed by atoms with Crippen LogP contribution in [0.1, 0.15) is 47.9 Å². The molecule has 2 N–H and O–H groups in total. The van der Waals surface area contributed by atoms with Gasteiger partial charge in [-0.15, -0.1) is 11.3 Å². The van der Waals surface area contributed by atoms with Crippen molar-refractivity contribution >= 4 is 28.3 Å². The lowest BCUT2D eigenvalue weighted by Gasteiger charge is -2.28. The highest BCUT2D eigenvalue weighted by Crippen LogP contribution is 2.31. The van der Waals surface area contributed by atoms with E-state index in [-0.39, 0.29) is 18.1 Å². The number of anilines is 2. The molecule has 10 heteroatoms. The lowest BCUT2D eigenvalue weighted by molar-refractivity contribution is 0.0542. The fourth-order valence-electron chi connectivity index (χ4n) is 3.82. The fourth-order valence-corrected chi connectivity index (χ4v) is 4.49. The second-order valence-corrected chi connectivity index (χ2v) is 8.14. The topological polar surface area (TPSA) is 118 Å². The third-order valence-electron chi connectivity index (χ3n) is 5.35. The molecule has 2 aromatic heterocycles. The van der Waals surface area contributed by atoms with Gasteiger partial charge >= 0.3 is 0 Å². The SMILES string of the molecule is N#CCN1CCCC1c1ccnc(Nc2nc(C(=O)N3CCC(O)CC3)cs2)n1. The van der Waals surface area contributed by atoms with Crippen molar-refractivity contribution in [3.63, 3.8) is 0 Å². The summed E-state index contributed by atoms with van der Waals surface area (Å²) in [7, 11) is 0. The molecule has 0 aliphatic carbocycles. The Hall–Kier alpha value is -2.61. The maximum absolute atomic E-state index is 12.6. The quantitative estimate of drug-likeness (QED) is 0.714. The van der Waals surface area contributed by atoms with Gasteiger partial charge in [0.15, 0.2) is 5.13 Å². The summed E-state index contributed by atoms with van der Waals surface area (Å²) in [4.78, 5) is 29.7. The van der Waals surface area contributed by atoms with Crippen molar-refractivity contribution in [3.8, 4) is 6.07 Å². The normalized spacial score (nSPS) is 20.6. The Balaban J connectivity index is 1.43. The highest BCUT2D eigenvalue weighted by atomic mass is 32.1. The van der Waals surface area contributed by atoms with Crippen LogP contribution in [0.3, 0.4) is 0 Å². The second kappa shape index (κ2) is 8.82. The Morgan fingerprint density at radius 2 is 2.14 bits per heavy atom. The smallest absolute Gasteiger partial charge is 0.273 e. The molecule has 0 bridgehead atoms. The highest BCUT2D eigenvalue weighted by molar-refractivity contribution is 7.14. The zero-order valence-corrected chi connectivity index (χ0v) is 16.8. The van der Waals surface area contributed by atoms with Gasteiger partial charge in [0.2, 0.25) is 5.95 Å². The minimum atomic E-state index is -0.319. The van der Waals surface area contributed by atoms with Crippen LogP contribution >= 0.6 is 11.3 Å². The monoisotopic (exact) mass is 413 g/mol. The van der Waals surface area contributed by atoms with Gasteiger partial charge in [0.05, 0.1) is 30.5 Å². The molecule has 9 nitrogen and oxygen atoms in total. The van der Waals surface area contributed by atoms with Crippen molar-refractivity contribution < 1.29 is 9.90 Å². The molecule has 0 radical (unpaired) electrons. The Morgan fingerprint density at radius 3 is 2.93 bits per heavy atom. The van der Waals surface area contributed by atoms with Crippen LogP contribution in [0.25, 0.3) is 0 Å². The summed E-state index contributed by atoms with van der Waals surface area (Å²) in [5.41, 5.74) is 1.27. The van der Waals surface area contributed by atoms with Gasteiger partial charge in [0, 0.05) is 24.7 Å². The van der Waals surface area contributed by atoms with E-state index in [1.807, 2.05) is 6.07 Å². The van der Waals surface area contributed by atoms with Crippen molar-refractivity contribution in [1.82, 2.24) is 24.8 Å². The molecule has 2 saturated heterocycles. The van der Waals surface area contributed by atoms with Crippen LogP contribution in [0.15, 0.2) is 17.6 Å². The first-order chi connectivity index (χ1) is 14.1. The average molecular weight is 414 g/mol. The summed E-state index contributed by atoms with van der Waals surface area (Å²) in [5.74, 6) is 0.315. The average Bonchev–Trinajstić information content (AvgIpc) is 3.38. The molecule has 2 aliphatic heterocycles.